The van der Waals surface area contributed by atoms with Crippen LogP contribution >= 0.6 is 0 Å². The summed E-state index contributed by atoms with van der Waals surface area (Å²) in [7, 11) is 0. The molecule has 0 aliphatic rings. The van der Waals surface area contributed by atoms with E-state index in [2.05, 4.69) is 4.74 Å². The monoisotopic (exact) mass is 280 g/mol. The molecule has 1 aromatic rings. The van der Waals surface area contributed by atoms with Crippen molar-refractivity contribution < 1.29 is 23.8 Å². The van der Waals surface area contributed by atoms with E-state index in [9.17, 15) is 9.59 Å². The summed E-state index contributed by atoms with van der Waals surface area (Å²) in [5, 5.41) is 0. The SMILES string of the molecule is CCOC(=O)OC(C)C(C)COC(=O)c1ccccc1. The average molecular weight is 280 g/mol. The van der Waals surface area contributed by atoms with E-state index in [-0.39, 0.29) is 25.1 Å². The van der Waals surface area contributed by atoms with Gasteiger partial charge in [0.2, 0.25) is 0 Å². The molecule has 2 atom stereocenters. The fourth-order valence-corrected chi connectivity index (χ4v) is 1.42. The van der Waals surface area contributed by atoms with Crippen LogP contribution in [0.4, 0.5) is 4.79 Å². The fourth-order valence-electron chi connectivity index (χ4n) is 1.42. The van der Waals surface area contributed by atoms with Crippen molar-refractivity contribution in [2.45, 2.75) is 26.9 Å². The Kier molecular flexibility index (Phi) is 6.56. The molecule has 0 N–H and O–H groups in total. The second kappa shape index (κ2) is 8.19. The van der Waals surface area contributed by atoms with E-state index in [1.807, 2.05) is 13.0 Å². The molecule has 2 unspecified atom stereocenters. The predicted octanol–water partition coefficient (Wildman–Crippen LogP) is 3.04. The standard InChI is InChI=1S/C15H20O5/c1-4-18-15(17)20-12(3)11(2)10-19-14(16)13-8-6-5-7-9-13/h5-9,11-12H,4,10H2,1-3H3. The molecular formula is C15H20O5. The van der Waals surface area contributed by atoms with E-state index in [0.29, 0.717) is 5.56 Å². The fraction of sp³-hybridized carbons (Fsp3) is 0.467. The molecule has 0 amide bonds. The molecule has 0 saturated carbocycles. The second-order valence-electron chi connectivity index (χ2n) is 4.45. The quantitative estimate of drug-likeness (QED) is 0.749. The van der Waals surface area contributed by atoms with Crippen molar-refractivity contribution >= 4 is 12.1 Å². The van der Waals surface area contributed by atoms with Crippen molar-refractivity contribution in [1.82, 2.24) is 0 Å². The van der Waals surface area contributed by atoms with Crippen LogP contribution in [0.5, 0.6) is 0 Å². The lowest BCUT2D eigenvalue weighted by molar-refractivity contribution is -0.00320. The first-order valence-corrected chi connectivity index (χ1v) is 6.60. The first-order valence-electron chi connectivity index (χ1n) is 6.60. The number of hydrogen-bond acceptors (Lipinski definition) is 5. The highest BCUT2D eigenvalue weighted by atomic mass is 16.7. The van der Waals surface area contributed by atoms with Gasteiger partial charge in [0, 0.05) is 5.92 Å². The van der Waals surface area contributed by atoms with Crippen molar-refractivity contribution in [3.05, 3.63) is 35.9 Å². The molecule has 1 rings (SSSR count). The van der Waals surface area contributed by atoms with Gasteiger partial charge in [-0.1, -0.05) is 25.1 Å². The zero-order valence-electron chi connectivity index (χ0n) is 12.0. The van der Waals surface area contributed by atoms with Crippen molar-refractivity contribution in [3.8, 4) is 0 Å². The lowest BCUT2D eigenvalue weighted by atomic mass is 10.1. The molecule has 0 spiro atoms. The zero-order chi connectivity index (χ0) is 15.0. The maximum atomic E-state index is 11.7. The first kappa shape index (κ1) is 16.0. The Morgan fingerprint density at radius 1 is 1.10 bits per heavy atom. The van der Waals surface area contributed by atoms with Crippen LogP contribution in [0.15, 0.2) is 30.3 Å². The molecule has 1 aromatic carbocycles. The molecule has 0 saturated heterocycles. The van der Waals surface area contributed by atoms with Crippen LogP contribution in [-0.2, 0) is 14.2 Å². The molecule has 0 radical (unpaired) electrons. The molecule has 0 heterocycles. The summed E-state index contributed by atoms with van der Waals surface area (Å²) >= 11 is 0. The van der Waals surface area contributed by atoms with Crippen LogP contribution in [0.25, 0.3) is 0 Å². The third-order valence-corrected chi connectivity index (χ3v) is 2.83. The summed E-state index contributed by atoms with van der Waals surface area (Å²) < 4.78 is 14.9. The largest absolute Gasteiger partial charge is 0.508 e. The minimum absolute atomic E-state index is 0.118. The van der Waals surface area contributed by atoms with Crippen molar-refractivity contribution in [3.63, 3.8) is 0 Å². The number of esters is 1. The maximum Gasteiger partial charge on any atom is 0.508 e. The number of carbonyl (C=O) groups is 2. The summed E-state index contributed by atoms with van der Waals surface area (Å²) in [6.07, 6.45) is -1.10. The minimum Gasteiger partial charge on any atom is -0.462 e. The number of benzene rings is 1. The van der Waals surface area contributed by atoms with Gasteiger partial charge in [-0.05, 0) is 26.0 Å². The minimum atomic E-state index is -0.707. The summed E-state index contributed by atoms with van der Waals surface area (Å²) in [5.41, 5.74) is 0.499. The van der Waals surface area contributed by atoms with Gasteiger partial charge in [-0.15, -0.1) is 0 Å². The number of hydrogen-bond donors (Lipinski definition) is 0. The normalized spacial score (nSPS) is 13.2. The Balaban J connectivity index is 2.37. The number of ether oxygens (including phenoxy) is 3. The highest BCUT2D eigenvalue weighted by molar-refractivity contribution is 5.89. The molecule has 0 aliphatic carbocycles. The Morgan fingerprint density at radius 2 is 1.75 bits per heavy atom. The molecule has 0 aromatic heterocycles. The topological polar surface area (TPSA) is 61.8 Å². The zero-order valence-corrected chi connectivity index (χ0v) is 12.0. The summed E-state index contributed by atoms with van der Waals surface area (Å²) in [6.45, 7) is 5.72. The van der Waals surface area contributed by atoms with E-state index < -0.39 is 12.3 Å². The molecule has 5 heteroatoms. The molecule has 0 bridgehead atoms. The average Bonchev–Trinajstić information content (AvgIpc) is 2.45. The van der Waals surface area contributed by atoms with Gasteiger partial charge >= 0.3 is 12.1 Å². The number of rotatable bonds is 6. The van der Waals surface area contributed by atoms with Crippen LogP contribution in [0.2, 0.25) is 0 Å². The maximum absolute atomic E-state index is 11.7. The Morgan fingerprint density at radius 3 is 2.35 bits per heavy atom. The van der Waals surface area contributed by atoms with Crippen LogP contribution in [0, 0.1) is 5.92 Å². The van der Waals surface area contributed by atoms with E-state index in [1.54, 1.807) is 38.1 Å². The lowest BCUT2D eigenvalue weighted by Crippen LogP contribution is -2.27. The van der Waals surface area contributed by atoms with Crippen LogP contribution in [-0.4, -0.2) is 31.4 Å². The van der Waals surface area contributed by atoms with Gasteiger partial charge in [0.25, 0.3) is 0 Å². The molecule has 110 valence electrons. The van der Waals surface area contributed by atoms with Gasteiger partial charge in [0.15, 0.2) is 0 Å². The highest BCUT2D eigenvalue weighted by Crippen LogP contribution is 2.10. The molecule has 5 nitrogen and oxygen atoms in total. The summed E-state index contributed by atoms with van der Waals surface area (Å²) in [4.78, 5) is 22.9. The number of carbonyl (C=O) groups excluding carboxylic acids is 2. The molecule has 0 aliphatic heterocycles. The molecule has 20 heavy (non-hydrogen) atoms. The second-order valence-corrected chi connectivity index (χ2v) is 4.45. The summed E-state index contributed by atoms with van der Waals surface area (Å²) in [5.74, 6) is -0.507. The van der Waals surface area contributed by atoms with Crippen molar-refractivity contribution in [2.75, 3.05) is 13.2 Å². The highest BCUT2D eigenvalue weighted by Gasteiger charge is 2.19. The Labute approximate surface area is 118 Å². The Hall–Kier alpha value is -2.04. The van der Waals surface area contributed by atoms with Gasteiger partial charge in [-0.25, -0.2) is 9.59 Å². The van der Waals surface area contributed by atoms with Crippen molar-refractivity contribution in [2.24, 2.45) is 5.92 Å². The van der Waals surface area contributed by atoms with Crippen molar-refractivity contribution in [1.29, 1.82) is 0 Å². The van der Waals surface area contributed by atoms with E-state index >= 15 is 0 Å². The van der Waals surface area contributed by atoms with Gasteiger partial charge in [-0.3, -0.25) is 0 Å². The molecule has 0 fully saturated rings. The predicted molar refractivity (Wildman–Crippen MR) is 73.5 cm³/mol. The Bertz CT molecular complexity index is 429. The third kappa shape index (κ3) is 5.30. The van der Waals surface area contributed by atoms with Gasteiger partial charge in [0.05, 0.1) is 18.8 Å². The van der Waals surface area contributed by atoms with Crippen LogP contribution < -0.4 is 0 Å². The summed E-state index contributed by atoms with van der Waals surface area (Å²) in [6, 6.07) is 8.74. The van der Waals surface area contributed by atoms with Gasteiger partial charge < -0.3 is 14.2 Å². The van der Waals surface area contributed by atoms with Gasteiger partial charge in [-0.2, -0.15) is 0 Å². The molecular weight excluding hydrogens is 260 g/mol. The van der Waals surface area contributed by atoms with E-state index in [1.165, 1.54) is 0 Å². The first-order chi connectivity index (χ1) is 9.54. The van der Waals surface area contributed by atoms with Crippen LogP contribution in [0.3, 0.4) is 0 Å². The lowest BCUT2D eigenvalue weighted by Gasteiger charge is -2.19. The van der Waals surface area contributed by atoms with Crippen LogP contribution in [0.1, 0.15) is 31.1 Å². The van der Waals surface area contributed by atoms with E-state index in [4.69, 9.17) is 9.47 Å². The third-order valence-electron chi connectivity index (χ3n) is 2.83. The van der Waals surface area contributed by atoms with Gasteiger partial charge in [0.1, 0.15) is 6.10 Å². The smallest absolute Gasteiger partial charge is 0.462 e. The van der Waals surface area contributed by atoms with E-state index in [0.717, 1.165) is 0 Å².